The summed E-state index contributed by atoms with van der Waals surface area (Å²) < 4.78 is 5.14. The summed E-state index contributed by atoms with van der Waals surface area (Å²) in [6, 6.07) is 12.7. The van der Waals surface area contributed by atoms with Crippen molar-refractivity contribution in [3.05, 3.63) is 58.4 Å². The summed E-state index contributed by atoms with van der Waals surface area (Å²) in [4.78, 5) is 40.5. The van der Waals surface area contributed by atoms with Gasteiger partial charge in [0.1, 0.15) is 0 Å². The van der Waals surface area contributed by atoms with Crippen molar-refractivity contribution in [3.63, 3.8) is 0 Å². The first-order valence-corrected chi connectivity index (χ1v) is 11.0. The van der Waals surface area contributed by atoms with E-state index in [0.29, 0.717) is 53.1 Å². The van der Waals surface area contributed by atoms with Crippen molar-refractivity contribution >= 4 is 33.5 Å². The van der Waals surface area contributed by atoms with Crippen LogP contribution in [0.25, 0.3) is 33.3 Å². The monoisotopic (exact) mass is 446 g/mol. The van der Waals surface area contributed by atoms with Crippen molar-refractivity contribution in [2.24, 2.45) is 0 Å². The van der Waals surface area contributed by atoms with Crippen molar-refractivity contribution < 1.29 is 9.53 Å². The number of anilines is 1. The minimum Gasteiger partial charge on any atom is -0.396 e. The van der Waals surface area contributed by atoms with Crippen LogP contribution in [0.5, 0.6) is 0 Å². The van der Waals surface area contributed by atoms with Gasteiger partial charge in [-0.1, -0.05) is 12.1 Å². The number of carbonyl (C=O) groups is 1. The van der Waals surface area contributed by atoms with E-state index in [2.05, 4.69) is 19.9 Å². The predicted octanol–water partition coefficient (Wildman–Crippen LogP) is 2.06. The van der Waals surface area contributed by atoms with Crippen molar-refractivity contribution in [2.45, 2.75) is 0 Å². The molecule has 9 heteroatoms. The Morgan fingerprint density at radius 1 is 1.09 bits per heavy atom. The highest BCUT2D eigenvalue weighted by Crippen LogP contribution is 2.31. The van der Waals surface area contributed by atoms with Gasteiger partial charge < -0.3 is 25.3 Å². The highest BCUT2D eigenvalue weighted by molar-refractivity contribution is 6.04. The second kappa shape index (κ2) is 8.68. The number of nitrogens with one attached hydrogen (secondary N) is 2. The number of carbonyl (C=O) groups excluding carboxylic acids is 1. The van der Waals surface area contributed by atoms with Crippen LogP contribution in [-0.4, -0.2) is 77.1 Å². The molecule has 1 amide bonds. The van der Waals surface area contributed by atoms with Gasteiger partial charge in [0.05, 0.1) is 29.0 Å². The maximum absolute atomic E-state index is 13.1. The van der Waals surface area contributed by atoms with Crippen LogP contribution in [0.3, 0.4) is 0 Å². The van der Waals surface area contributed by atoms with Crippen LogP contribution in [0, 0.1) is 0 Å². The van der Waals surface area contributed by atoms with Gasteiger partial charge >= 0.3 is 0 Å². The van der Waals surface area contributed by atoms with Crippen molar-refractivity contribution in [1.29, 1.82) is 0 Å². The molecule has 0 spiro atoms. The molecule has 170 valence electrons. The lowest BCUT2D eigenvalue weighted by Gasteiger charge is -2.34. The van der Waals surface area contributed by atoms with Gasteiger partial charge in [0.15, 0.2) is 5.69 Å². The number of piperazine rings is 1. The zero-order valence-electron chi connectivity index (χ0n) is 18.4. The van der Waals surface area contributed by atoms with Crippen LogP contribution in [0.15, 0.2) is 47.3 Å². The van der Waals surface area contributed by atoms with Gasteiger partial charge in [0, 0.05) is 56.3 Å². The lowest BCUT2D eigenvalue weighted by molar-refractivity contribution is 0.0594. The second-order valence-corrected chi connectivity index (χ2v) is 8.23. The summed E-state index contributed by atoms with van der Waals surface area (Å²) in [6.07, 6.45) is 0. The topological polar surface area (TPSA) is 120 Å². The SMILES string of the molecule is COCCN1CCN(C(=O)c2ccc3[nH]c(-c4nc5ccccc5[nH]c4=O)c(N)c3c2)CC1. The normalized spacial score (nSPS) is 14.9. The quantitative estimate of drug-likeness (QED) is 0.432. The molecule has 0 bridgehead atoms. The first-order valence-electron chi connectivity index (χ1n) is 11.0. The zero-order chi connectivity index (χ0) is 22.9. The number of hydrogen-bond donors (Lipinski definition) is 3. The fraction of sp³-hybridized carbons (Fsp3) is 0.292. The number of aromatic amines is 2. The second-order valence-electron chi connectivity index (χ2n) is 8.23. The number of ether oxygens (including phenoxy) is 1. The average Bonchev–Trinajstić information content (AvgIpc) is 3.17. The fourth-order valence-corrected chi connectivity index (χ4v) is 4.31. The molecule has 5 rings (SSSR count). The number of aromatic nitrogens is 3. The molecule has 2 aromatic carbocycles. The maximum atomic E-state index is 13.1. The molecule has 2 aromatic heterocycles. The lowest BCUT2D eigenvalue weighted by atomic mass is 10.1. The van der Waals surface area contributed by atoms with Crippen LogP contribution in [-0.2, 0) is 4.74 Å². The molecular formula is C24H26N6O3. The summed E-state index contributed by atoms with van der Waals surface area (Å²) in [5, 5.41) is 0.698. The first kappa shape index (κ1) is 21.2. The van der Waals surface area contributed by atoms with E-state index in [9.17, 15) is 9.59 Å². The van der Waals surface area contributed by atoms with Crippen LogP contribution >= 0.6 is 0 Å². The summed E-state index contributed by atoms with van der Waals surface area (Å²) >= 11 is 0. The van der Waals surface area contributed by atoms with Gasteiger partial charge in [0.2, 0.25) is 0 Å². The molecule has 0 radical (unpaired) electrons. The molecule has 1 fully saturated rings. The minimum atomic E-state index is -0.324. The van der Waals surface area contributed by atoms with E-state index in [4.69, 9.17) is 10.5 Å². The Morgan fingerprint density at radius 3 is 2.67 bits per heavy atom. The van der Waals surface area contributed by atoms with Crippen LogP contribution < -0.4 is 11.3 Å². The van der Waals surface area contributed by atoms with Gasteiger partial charge in [-0.15, -0.1) is 0 Å². The standard InChI is InChI=1S/C24H26N6O3/c1-33-13-12-29-8-10-30(11-9-29)24(32)15-6-7-17-16(14-15)20(25)21(26-17)22-23(31)28-19-5-3-2-4-18(19)27-22/h2-7,14,26H,8-13,25H2,1H3,(H,28,31). The fourth-order valence-electron chi connectivity index (χ4n) is 4.31. The molecule has 9 nitrogen and oxygen atoms in total. The summed E-state index contributed by atoms with van der Waals surface area (Å²) in [6.45, 7) is 4.55. The molecule has 4 N–H and O–H groups in total. The Balaban J connectivity index is 1.43. The minimum absolute atomic E-state index is 0.0212. The number of nitrogen functional groups attached to an aromatic ring is 1. The third-order valence-electron chi connectivity index (χ3n) is 6.19. The Morgan fingerprint density at radius 2 is 1.88 bits per heavy atom. The van der Waals surface area contributed by atoms with E-state index in [0.717, 1.165) is 25.2 Å². The van der Waals surface area contributed by atoms with Gasteiger partial charge in [0.25, 0.3) is 11.5 Å². The average molecular weight is 447 g/mol. The summed E-state index contributed by atoms with van der Waals surface area (Å²) in [7, 11) is 1.69. The molecule has 33 heavy (non-hydrogen) atoms. The molecular weight excluding hydrogens is 420 g/mol. The van der Waals surface area contributed by atoms with E-state index in [-0.39, 0.29) is 17.2 Å². The molecule has 0 aliphatic carbocycles. The molecule has 1 aliphatic rings. The Labute approximate surface area is 190 Å². The Bertz CT molecular complexity index is 1380. The Hall–Kier alpha value is -3.69. The largest absolute Gasteiger partial charge is 0.396 e. The van der Waals surface area contributed by atoms with E-state index in [1.54, 1.807) is 25.3 Å². The number of amides is 1. The molecule has 1 saturated heterocycles. The van der Waals surface area contributed by atoms with Crippen LogP contribution in [0.1, 0.15) is 10.4 Å². The molecule has 1 aliphatic heterocycles. The number of H-pyrrole nitrogens is 2. The van der Waals surface area contributed by atoms with Crippen molar-refractivity contribution in [2.75, 3.05) is 52.2 Å². The Kier molecular flexibility index (Phi) is 5.57. The molecule has 0 unspecified atom stereocenters. The van der Waals surface area contributed by atoms with E-state index < -0.39 is 0 Å². The van der Waals surface area contributed by atoms with Crippen LogP contribution in [0.4, 0.5) is 5.69 Å². The number of hydrogen-bond acceptors (Lipinski definition) is 6. The number of para-hydroxylation sites is 2. The number of rotatable bonds is 5. The van der Waals surface area contributed by atoms with Gasteiger partial charge in [-0.25, -0.2) is 4.98 Å². The smallest absolute Gasteiger partial charge is 0.276 e. The predicted molar refractivity (Wildman–Crippen MR) is 128 cm³/mol. The zero-order valence-corrected chi connectivity index (χ0v) is 18.4. The highest BCUT2D eigenvalue weighted by Gasteiger charge is 2.23. The lowest BCUT2D eigenvalue weighted by Crippen LogP contribution is -2.49. The van der Waals surface area contributed by atoms with Crippen LogP contribution in [0.2, 0.25) is 0 Å². The summed E-state index contributed by atoms with van der Waals surface area (Å²) in [5.41, 5.74) is 9.84. The van der Waals surface area contributed by atoms with E-state index >= 15 is 0 Å². The molecule has 0 saturated carbocycles. The third-order valence-corrected chi connectivity index (χ3v) is 6.19. The molecule has 4 aromatic rings. The van der Waals surface area contributed by atoms with E-state index in [1.807, 2.05) is 29.2 Å². The summed E-state index contributed by atoms with van der Waals surface area (Å²) in [5.74, 6) is -0.0212. The number of methoxy groups -OCH3 is 1. The number of benzene rings is 2. The number of nitrogens with zero attached hydrogens (tertiary/aromatic N) is 3. The maximum Gasteiger partial charge on any atom is 0.276 e. The molecule has 0 atom stereocenters. The van der Waals surface area contributed by atoms with E-state index in [1.165, 1.54) is 0 Å². The van der Waals surface area contributed by atoms with Crippen molar-refractivity contribution in [1.82, 2.24) is 24.8 Å². The first-order chi connectivity index (χ1) is 16.0. The van der Waals surface area contributed by atoms with Gasteiger partial charge in [-0.3, -0.25) is 14.5 Å². The number of nitrogens with two attached hydrogens (primary N) is 1. The third kappa shape index (κ3) is 3.96. The number of fused-ring (bicyclic) bond motifs is 2. The van der Waals surface area contributed by atoms with Gasteiger partial charge in [-0.05, 0) is 30.3 Å². The highest BCUT2D eigenvalue weighted by atomic mass is 16.5. The van der Waals surface area contributed by atoms with Crippen molar-refractivity contribution in [3.8, 4) is 11.4 Å². The molecule has 3 heterocycles. The van der Waals surface area contributed by atoms with Gasteiger partial charge in [-0.2, -0.15) is 0 Å².